The van der Waals surface area contributed by atoms with Crippen LogP contribution in [0.3, 0.4) is 0 Å². The SMILES string of the molecule is CC1CC1Nc1ccc([N+](=O)[O-])cc1F. The maximum Gasteiger partial charge on any atom is 0.272 e. The molecule has 0 bridgehead atoms. The van der Waals surface area contributed by atoms with Crippen LogP contribution in [0.15, 0.2) is 18.2 Å². The van der Waals surface area contributed by atoms with Crippen LogP contribution in [0.2, 0.25) is 0 Å². The highest BCUT2D eigenvalue weighted by atomic mass is 19.1. The Bertz CT molecular complexity index is 408. The number of non-ortho nitro benzene ring substituents is 1. The van der Waals surface area contributed by atoms with Gasteiger partial charge in [0, 0.05) is 12.1 Å². The first kappa shape index (κ1) is 9.89. The van der Waals surface area contributed by atoms with E-state index in [4.69, 9.17) is 0 Å². The van der Waals surface area contributed by atoms with Crippen molar-refractivity contribution in [2.75, 3.05) is 5.32 Å². The topological polar surface area (TPSA) is 55.2 Å². The molecule has 2 unspecified atom stereocenters. The lowest BCUT2D eigenvalue weighted by Gasteiger charge is -2.05. The maximum atomic E-state index is 13.4. The minimum atomic E-state index is -0.605. The van der Waals surface area contributed by atoms with Gasteiger partial charge in [0.15, 0.2) is 5.82 Å². The summed E-state index contributed by atoms with van der Waals surface area (Å²) in [7, 11) is 0. The summed E-state index contributed by atoms with van der Waals surface area (Å²) < 4.78 is 13.4. The van der Waals surface area contributed by atoms with E-state index in [9.17, 15) is 14.5 Å². The number of nitro groups is 1. The van der Waals surface area contributed by atoms with Gasteiger partial charge in [-0.05, 0) is 18.4 Å². The van der Waals surface area contributed by atoms with Gasteiger partial charge in [-0.25, -0.2) is 4.39 Å². The molecule has 2 atom stereocenters. The van der Waals surface area contributed by atoms with Gasteiger partial charge in [-0.2, -0.15) is 0 Å². The standard InChI is InChI=1S/C10H11FN2O2/c1-6-4-10(6)12-9-3-2-7(13(14)15)5-8(9)11/h2-3,5-6,10,12H,4H2,1H3. The van der Waals surface area contributed by atoms with E-state index in [0.29, 0.717) is 17.6 Å². The van der Waals surface area contributed by atoms with Crippen molar-refractivity contribution < 1.29 is 9.31 Å². The van der Waals surface area contributed by atoms with Gasteiger partial charge in [0.05, 0.1) is 16.7 Å². The lowest BCUT2D eigenvalue weighted by Crippen LogP contribution is -2.05. The number of nitrogens with one attached hydrogen (secondary N) is 1. The fourth-order valence-electron chi connectivity index (χ4n) is 1.46. The molecule has 2 rings (SSSR count). The van der Waals surface area contributed by atoms with Crippen LogP contribution in [-0.2, 0) is 0 Å². The fraction of sp³-hybridized carbons (Fsp3) is 0.400. The molecule has 0 saturated heterocycles. The molecule has 1 aliphatic carbocycles. The number of benzene rings is 1. The van der Waals surface area contributed by atoms with Crippen molar-refractivity contribution in [3.8, 4) is 0 Å². The van der Waals surface area contributed by atoms with E-state index < -0.39 is 10.7 Å². The van der Waals surface area contributed by atoms with E-state index in [1.807, 2.05) is 0 Å². The van der Waals surface area contributed by atoms with Crippen LogP contribution in [0.1, 0.15) is 13.3 Å². The molecule has 15 heavy (non-hydrogen) atoms. The zero-order valence-corrected chi connectivity index (χ0v) is 8.24. The molecule has 0 aliphatic heterocycles. The summed E-state index contributed by atoms with van der Waals surface area (Å²) in [6, 6.07) is 3.97. The van der Waals surface area contributed by atoms with Gasteiger partial charge >= 0.3 is 0 Å². The average Bonchev–Trinajstić information content (AvgIpc) is 2.85. The van der Waals surface area contributed by atoms with Gasteiger partial charge in [0.2, 0.25) is 0 Å². The van der Waals surface area contributed by atoms with E-state index in [0.717, 1.165) is 12.5 Å². The predicted octanol–water partition coefficient (Wildman–Crippen LogP) is 2.55. The van der Waals surface area contributed by atoms with Crippen molar-refractivity contribution in [3.05, 3.63) is 34.1 Å². The molecule has 0 spiro atoms. The Morgan fingerprint density at radius 1 is 1.60 bits per heavy atom. The van der Waals surface area contributed by atoms with Gasteiger partial charge < -0.3 is 5.32 Å². The molecule has 80 valence electrons. The van der Waals surface area contributed by atoms with Crippen LogP contribution < -0.4 is 5.32 Å². The number of nitro benzene ring substituents is 1. The van der Waals surface area contributed by atoms with Crippen LogP contribution in [0.4, 0.5) is 15.8 Å². The van der Waals surface area contributed by atoms with Crippen molar-refractivity contribution in [1.29, 1.82) is 0 Å². The van der Waals surface area contributed by atoms with E-state index in [1.54, 1.807) is 0 Å². The highest BCUT2D eigenvalue weighted by molar-refractivity contribution is 5.51. The third-order valence-electron chi connectivity index (χ3n) is 2.61. The van der Waals surface area contributed by atoms with Crippen LogP contribution >= 0.6 is 0 Å². The smallest absolute Gasteiger partial charge is 0.272 e. The summed E-state index contributed by atoms with van der Waals surface area (Å²) >= 11 is 0. The van der Waals surface area contributed by atoms with E-state index >= 15 is 0 Å². The van der Waals surface area contributed by atoms with Gasteiger partial charge in [-0.1, -0.05) is 6.92 Å². The molecule has 1 saturated carbocycles. The summed E-state index contributed by atoms with van der Waals surface area (Å²) in [5, 5.41) is 13.4. The molecule has 4 nitrogen and oxygen atoms in total. The average molecular weight is 210 g/mol. The van der Waals surface area contributed by atoms with E-state index in [1.165, 1.54) is 12.1 Å². The Balaban J connectivity index is 2.15. The minimum Gasteiger partial charge on any atom is -0.380 e. The molecule has 1 fully saturated rings. The summed E-state index contributed by atoms with van der Waals surface area (Å²) in [5.74, 6) is -0.0112. The molecule has 1 aromatic rings. The number of nitrogens with zero attached hydrogens (tertiary/aromatic N) is 1. The minimum absolute atomic E-state index is 0.220. The van der Waals surface area contributed by atoms with Gasteiger partial charge in [0.1, 0.15) is 0 Å². The van der Waals surface area contributed by atoms with Crippen molar-refractivity contribution in [2.45, 2.75) is 19.4 Å². The lowest BCUT2D eigenvalue weighted by atomic mass is 10.2. The second-order valence-corrected chi connectivity index (χ2v) is 3.89. The third-order valence-corrected chi connectivity index (χ3v) is 2.61. The Morgan fingerprint density at radius 2 is 2.27 bits per heavy atom. The first-order valence-corrected chi connectivity index (χ1v) is 4.78. The first-order chi connectivity index (χ1) is 7.08. The van der Waals surface area contributed by atoms with Gasteiger partial charge in [0.25, 0.3) is 5.69 Å². The Morgan fingerprint density at radius 3 is 2.73 bits per heavy atom. The fourth-order valence-corrected chi connectivity index (χ4v) is 1.46. The molecule has 1 aromatic carbocycles. The molecule has 0 aromatic heterocycles. The maximum absolute atomic E-state index is 13.4. The number of rotatable bonds is 3. The second kappa shape index (κ2) is 3.49. The van der Waals surface area contributed by atoms with Crippen molar-refractivity contribution in [3.63, 3.8) is 0 Å². The highest BCUT2D eigenvalue weighted by Crippen LogP contribution is 2.33. The Labute approximate surface area is 86.3 Å². The lowest BCUT2D eigenvalue weighted by molar-refractivity contribution is -0.385. The zero-order valence-electron chi connectivity index (χ0n) is 8.24. The molecule has 0 amide bonds. The quantitative estimate of drug-likeness (QED) is 0.616. The van der Waals surface area contributed by atoms with Crippen molar-refractivity contribution in [2.24, 2.45) is 5.92 Å². The van der Waals surface area contributed by atoms with Crippen LogP contribution in [-0.4, -0.2) is 11.0 Å². The molecule has 1 N–H and O–H groups in total. The molecule has 0 radical (unpaired) electrons. The molecule has 5 heteroatoms. The number of anilines is 1. The summed E-state index contributed by atoms with van der Waals surface area (Å²) in [6.07, 6.45) is 1.02. The predicted molar refractivity (Wildman–Crippen MR) is 54.2 cm³/mol. The summed E-state index contributed by atoms with van der Waals surface area (Å²) in [5.41, 5.74) is 0.122. The normalized spacial score (nSPS) is 23.6. The second-order valence-electron chi connectivity index (χ2n) is 3.89. The van der Waals surface area contributed by atoms with Crippen molar-refractivity contribution in [1.82, 2.24) is 0 Å². The molecule has 0 heterocycles. The molecular weight excluding hydrogens is 199 g/mol. The van der Waals surface area contributed by atoms with Crippen molar-refractivity contribution >= 4 is 11.4 Å². The van der Waals surface area contributed by atoms with Gasteiger partial charge in [-0.3, -0.25) is 10.1 Å². The number of halogens is 1. The van der Waals surface area contributed by atoms with E-state index in [2.05, 4.69) is 12.2 Å². The van der Waals surface area contributed by atoms with Crippen LogP contribution in [0.25, 0.3) is 0 Å². The largest absolute Gasteiger partial charge is 0.380 e. The Kier molecular flexibility index (Phi) is 2.30. The number of hydrogen-bond acceptors (Lipinski definition) is 3. The first-order valence-electron chi connectivity index (χ1n) is 4.78. The Hall–Kier alpha value is -1.65. The third kappa shape index (κ3) is 2.06. The number of hydrogen-bond donors (Lipinski definition) is 1. The summed E-state index contributed by atoms with van der Waals surface area (Å²) in [4.78, 5) is 9.76. The summed E-state index contributed by atoms with van der Waals surface area (Å²) in [6.45, 7) is 2.07. The monoisotopic (exact) mass is 210 g/mol. The highest BCUT2D eigenvalue weighted by Gasteiger charge is 2.32. The molecule has 1 aliphatic rings. The molecular formula is C10H11FN2O2. The van der Waals surface area contributed by atoms with Crippen LogP contribution in [0.5, 0.6) is 0 Å². The van der Waals surface area contributed by atoms with E-state index in [-0.39, 0.29) is 5.69 Å². The van der Waals surface area contributed by atoms with Crippen LogP contribution in [0, 0.1) is 21.8 Å². The zero-order chi connectivity index (χ0) is 11.0. The van der Waals surface area contributed by atoms with Gasteiger partial charge in [-0.15, -0.1) is 0 Å².